The lowest BCUT2D eigenvalue weighted by Crippen LogP contribution is -2.52. The van der Waals surface area contributed by atoms with Crippen LogP contribution >= 0.6 is 0 Å². The van der Waals surface area contributed by atoms with Crippen molar-refractivity contribution in [2.75, 3.05) is 14.2 Å². The van der Waals surface area contributed by atoms with Crippen LogP contribution in [0.1, 0.15) is 11.6 Å². The first-order chi connectivity index (χ1) is 15.7. The molecule has 13 heteroatoms. The van der Waals surface area contributed by atoms with E-state index in [9.17, 15) is 33.3 Å². The summed E-state index contributed by atoms with van der Waals surface area (Å²) in [7, 11) is 2.16. The van der Waals surface area contributed by atoms with Crippen LogP contribution in [0.25, 0.3) is 0 Å². The largest absolute Gasteiger partial charge is 0.482 e. The first kappa shape index (κ1) is 23.1. The van der Waals surface area contributed by atoms with Gasteiger partial charge in [0, 0.05) is 12.1 Å². The molecule has 1 unspecified atom stereocenters. The third kappa shape index (κ3) is 4.56. The molecule has 2 aromatic rings. The molecular formula is C20H15F2N3O8. The number of halogens is 2. The predicted molar refractivity (Wildman–Crippen MR) is 105 cm³/mol. The van der Waals surface area contributed by atoms with Gasteiger partial charge in [-0.05, 0) is 29.8 Å². The maximum absolute atomic E-state index is 14.0. The van der Waals surface area contributed by atoms with E-state index >= 15 is 0 Å². The first-order valence-corrected chi connectivity index (χ1v) is 9.05. The maximum atomic E-state index is 14.0. The third-order valence-corrected chi connectivity index (χ3v) is 4.53. The molecule has 0 aromatic heterocycles. The lowest BCUT2D eigenvalue weighted by Gasteiger charge is -2.35. The summed E-state index contributed by atoms with van der Waals surface area (Å²) in [6.07, 6.45) is -1.33. The molecule has 1 atom stereocenters. The van der Waals surface area contributed by atoms with Gasteiger partial charge in [-0.2, -0.15) is 0 Å². The number of imide groups is 1. The van der Waals surface area contributed by atoms with Crippen molar-refractivity contribution in [3.8, 4) is 5.75 Å². The molecule has 0 saturated heterocycles. The molecule has 1 N–H and O–H groups in total. The van der Waals surface area contributed by atoms with Crippen molar-refractivity contribution in [1.29, 1.82) is 0 Å². The van der Waals surface area contributed by atoms with Gasteiger partial charge in [-0.15, -0.1) is 0 Å². The Kier molecular flexibility index (Phi) is 6.51. The molecule has 0 radical (unpaired) electrons. The zero-order chi connectivity index (χ0) is 24.3. The minimum Gasteiger partial charge on any atom is -0.482 e. The van der Waals surface area contributed by atoms with E-state index in [1.807, 2.05) is 0 Å². The van der Waals surface area contributed by atoms with Crippen LogP contribution in [0, 0.1) is 21.7 Å². The molecule has 172 valence electrons. The Morgan fingerprint density at radius 2 is 1.76 bits per heavy atom. The van der Waals surface area contributed by atoms with Crippen molar-refractivity contribution in [3.05, 3.63) is 81.2 Å². The molecule has 3 rings (SSSR count). The van der Waals surface area contributed by atoms with Crippen LogP contribution in [0.5, 0.6) is 5.75 Å². The SMILES string of the molecule is COC(=O)C1=C(OC)NC(=O)N(C(=O)Oc2ccc([N+](=O)[O-])cc2)C1c1ccc(F)c(F)c1. The molecule has 33 heavy (non-hydrogen) atoms. The summed E-state index contributed by atoms with van der Waals surface area (Å²) in [6.45, 7) is 0. The molecule has 3 amide bonds. The van der Waals surface area contributed by atoms with Crippen molar-refractivity contribution in [3.63, 3.8) is 0 Å². The highest BCUT2D eigenvalue weighted by molar-refractivity contribution is 6.00. The van der Waals surface area contributed by atoms with E-state index in [2.05, 4.69) is 5.32 Å². The summed E-state index contributed by atoms with van der Waals surface area (Å²) in [5, 5.41) is 13.0. The number of amides is 3. The van der Waals surface area contributed by atoms with Gasteiger partial charge in [-0.25, -0.2) is 28.1 Å². The standard InChI is InChI=1S/C20H15F2N3O8/c1-31-17-15(18(26)32-2)16(10-3-8-13(21)14(22)9-10)24(19(27)23-17)20(28)33-12-6-4-11(5-7-12)25(29)30/h3-9,16H,1-2H3,(H,23,27). The number of hydrogen-bond donors (Lipinski definition) is 1. The second kappa shape index (κ2) is 9.30. The van der Waals surface area contributed by atoms with E-state index in [0.29, 0.717) is 11.0 Å². The Balaban J connectivity index is 2.08. The number of nitro benzene ring substituents is 1. The highest BCUT2D eigenvalue weighted by atomic mass is 19.2. The van der Waals surface area contributed by atoms with E-state index in [-0.39, 0.29) is 22.9 Å². The molecule has 2 aromatic carbocycles. The van der Waals surface area contributed by atoms with Crippen LogP contribution in [0.15, 0.2) is 53.9 Å². The number of nitrogens with zero attached hydrogens (tertiary/aromatic N) is 2. The van der Waals surface area contributed by atoms with Crippen LogP contribution in [-0.2, 0) is 14.3 Å². The van der Waals surface area contributed by atoms with Crippen molar-refractivity contribution >= 4 is 23.8 Å². The van der Waals surface area contributed by atoms with Gasteiger partial charge in [0.05, 0.1) is 19.1 Å². The average molecular weight is 463 g/mol. The summed E-state index contributed by atoms with van der Waals surface area (Å²) in [5.41, 5.74) is -0.837. The number of nitro groups is 1. The summed E-state index contributed by atoms with van der Waals surface area (Å²) in [4.78, 5) is 48.7. The van der Waals surface area contributed by atoms with Gasteiger partial charge in [0.1, 0.15) is 17.4 Å². The average Bonchev–Trinajstić information content (AvgIpc) is 2.79. The second-order valence-corrected chi connectivity index (χ2v) is 6.43. The van der Waals surface area contributed by atoms with Gasteiger partial charge < -0.3 is 14.2 Å². The molecule has 1 aliphatic heterocycles. The van der Waals surface area contributed by atoms with Crippen molar-refractivity contribution in [2.24, 2.45) is 0 Å². The Bertz CT molecular complexity index is 1170. The topological polar surface area (TPSA) is 137 Å². The Hall–Kier alpha value is -4.55. The van der Waals surface area contributed by atoms with Crippen molar-refractivity contribution < 1.29 is 42.3 Å². The fourth-order valence-electron chi connectivity index (χ4n) is 3.04. The van der Waals surface area contributed by atoms with E-state index in [1.165, 1.54) is 0 Å². The molecule has 1 aliphatic rings. The molecule has 0 saturated carbocycles. The predicted octanol–water partition coefficient (Wildman–Crippen LogP) is 3.17. The smallest absolute Gasteiger partial charge is 0.424 e. The van der Waals surface area contributed by atoms with Crippen LogP contribution in [0.2, 0.25) is 0 Å². The second-order valence-electron chi connectivity index (χ2n) is 6.43. The number of carbonyl (C=O) groups is 3. The monoisotopic (exact) mass is 463 g/mol. The number of rotatable bonds is 5. The number of esters is 1. The van der Waals surface area contributed by atoms with Crippen LogP contribution < -0.4 is 10.1 Å². The number of non-ortho nitro benzene ring substituents is 1. The van der Waals surface area contributed by atoms with Crippen LogP contribution in [0.3, 0.4) is 0 Å². The Morgan fingerprint density at radius 1 is 1.09 bits per heavy atom. The summed E-state index contributed by atoms with van der Waals surface area (Å²) in [6, 6.07) is 4.12. The lowest BCUT2D eigenvalue weighted by atomic mass is 9.95. The number of hydrogen-bond acceptors (Lipinski definition) is 8. The zero-order valence-corrected chi connectivity index (χ0v) is 17.0. The quantitative estimate of drug-likeness (QED) is 0.406. The fourth-order valence-corrected chi connectivity index (χ4v) is 3.04. The van der Waals surface area contributed by atoms with E-state index in [1.54, 1.807) is 0 Å². The first-order valence-electron chi connectivity index (χ1n) is 9.05. The highest BCUT2D eigenvalue weighted by Gasteiger charge is 2.45. The van der Waals surface area contributed by atoms with E-state index in [0.717, 1.165) is 50.6 Å². The molecule has 0 bridgehead atoms. The number of urea groups is 1. The van der Waals surface area contributed by atoms with E-state index < -0.39 is 46.3 Å². The molecule has 1 heterocycles. The van der Waals surface area contributed by atoms with Gasteiger partial charge in [-0.1, -0.05) is 6.07 Å². The molecule has 0 spiro atoms. The maximum Gasteiger partial charge on any atom is 0.424 e. The number of benzene rings is 2. The van der Waals surface area contributed by atoms with Gasteiger partial charge in [-0.3, -0.25) is 15.4 Å². The number of nitrogens with one attached hydrogen (secondary N) is 1. The third-order valence-electron chi connectivity index (χ3n) is 4.53. The molecule has 11 nitrogen and oxygen atoms in total. The Morgan fingerprint density at radius 3 is 2.30 bits per heavy atom. The van der Waals surface area contributed by atoms with Gasteiger partial charge in [0.15, 0.2) is 11.6 Å². The van der Waals surface area contributed by atoms with Gasteiger partial charge >= 0.3 is 18.1 Å². The van der Waals surface area contributed by atoms with Gasteiger partial charge in [0.2, 0.25) is 5.88 Å². The van der Waals surface area contributed by atoms with Crippen molar-refractivity contribution in [2.45, 2.75) is 6.04 Å². The van der Waals surface area contributed by atoms with Crippen molar-refractivity contribution in [1.82, 2.24) is 10.2 Å². The molecular weight excluding hydrogens is 448 g/mol. The fraction of sp³-hybridized carbons (Fsp3) is 0.150. The number of methoxy groups -OCH3 is 2. The summed E-state index contributed by atoms with van der Waals surface area (Å²) in [5.74, 6) is -4.07. The summed E-state index contributed by atoms with van der Waals surface area (Å²) < 4.78 is 42.3. The number of ether oxygens (including phenoxy) is 3. The minimum absolute atomic E-state index is 0.163. The van der Waals surface area contributed by atoms with Gasteiger partial charge in [0.25, 0.3) is 5.69 Å². The number of carbonyl (C=O) groups excluding carboxylic acids is 3. The summed E-state index contributed by atoms with van der Waals surface area (Å²) >= 11 is 0. The molecule has 0 aliphatic carbocycles. The zero-order valence-electron chi connectivity index (χ0n) is 17.0. The Labute approximate surface area is 184 Å². The normalized spacial score (nSPS) is 15.6. The lowest BCUT2D eigenvalue weighted by molar-refractivity contribution is -0.384. The van der Waals surface area contributed by atoms with Crippen LogP contribution in [0.4, 0.5) is 24.1 Å². The minimum atomic E-state index is -1.62. The van der Waals surface area contributed by atoms with E-state index in [4.69, 9.17) is 14.2 Å². The van der Waals surface area contributed by atoms with Crippen LogP contribution in [-0.4, -0.2) is 42.1 Å². The molecule has 0 fully saturated rings. The highest BCUT2D eigenvalue weighted by Crippen LogP contribution is 2.36.